The van der Waals surface area contributed by atoms with Crippen molar-refractivity contribution in [2.45, 2.75) is 26.2 Å². The van der Waals surface area contributed by atoms with Gasteiger partial charge in [0.25, 0.3) is 0 Å². The number of rotatable bonds is 6. The van der Waals surface area contributed by atoms with Crippen LogP contribution in [0.15, 0.2) is 36.4 Å². The van der Waals surface area contributed by atoms with Crippen LogP contribution in [-0.2, 0) is 19.2 Å². The fourth-order valence-electron chi connectivity index (χ4n) is 3.63. The number of fused-ring (bicyclic) bond motifs is 1. The summed E-state index contributed by atoms with van der Waals surface area (Å²) in [5, 5.41) is 2.74. The average Bonchev–Trinajstić information content (AvgIpc) is 2.92. The molecule has 1 aliphatic heterocycles. The van der Waals surface area contributed by atoms with Crippen molar-refractivity contribution < 1.29 is 19.2 Å². The van der Waals surface area contributed by atoms with E-state index in [4.69, 9.17) is 0 Å². The summed E-state index contributed by atoms with van der Waals surface area (Å²) in [6, 6.07) is 7.38. The second-order valence-corrected chi connectivity index (χ2v) is 7.40. The Morgan fingerprint density at radius 3 is 2.21 bits per heavy atom. The van der Waals surface area contributed by atoms with Gasteiger partial charge in [0.05, 0.1) is 18.4 Å². The third kappa shape index (κ3) is 4.30. The first-order valence-electron chi connectivity index (χ1n) is 9.47. The number of carbonyl (C=O) groups excluding carboxylic acids is 4. The van der Waals surface area contributed by atoms with E-state index in [1.165, 1.54) is 16.8 Å². The zero-order valence-corrected chi connectivity index (χ0v) is 16.2. The van der Waals surface area contributed by atoms with Gasteiger partial charge in [-0.3, -0.25) is 24.1 Å². The molecule has 0 saturated carbocycles. The van der Waals surface area contributed by atoms with Crippen molar-refractivity contribution in [3.63, 3.8) is 0 Å². The van der Waals surface area contributed by atoms with E-state index in [0.29, 0.717) is 18.5 Å². The normalized spacial score (nSPS) is 20.9. The van der Waals surface area contributed by atoms with Crippen LogP contribution in [0.5, 0.6) is 0 Å². The van der Waals surface area contributed by atoms with Crippen LogP contribution in [0.25, 0.3) is 0 Å². The predicted molar refractivity (Wildman–Crippen MR) is 104 cm³/mol. The number of likely N-dealkylation sites (N-methyl/N-ethyl adjacent to an activating group) is 1. The van der Waals surface area contributed by atoms with Gasteiger partial charge in [0.15, 0.2) is 0 Å². The molecular weight excluding hydrogens is 358 g/mol. The van der Waals surface area contributed by atoms with Gasteiger partial charge < -0.3 is 10.2 Å². The Morgan fingerprint density at radius 2 is 1.64 bits per heavy atom. The molecule has 0 aromatic heterocycles. The molecule has 2 aliphatic rings. The molecule has 28 heavy (non-hydrogen) atoms. The Labute approximate surface area is 164 Å². The number of hydrogen-bond acceptors (Lipinski definition) is 4. The van der Waals surface area contributed by atoms with Crippen LogP contribution in [0.3, 0.4) is 0 Å². The zero-order valence-electron chi connectivity index (χ0n) is 16.2. The summed E-state index contributed by atoms with van der Waals surface area (Å²) in [5.74, 6) is -1.53. The van der Waals surface area contributed by atoms with Gasteiger partial charge in [-0.25, -0.2) is 0 Å². The number of hydrogen-bond donors (Lipinski definition) is 1. The van der Waals surface area contributed by atoms with Crippen LogP contribution in [-0.4, -0.2) is 53.6 Å². The zero-order chi connectivity index (χ0) is 20.3. The van der Waals surface area contributed by atoms with Crippen molar-refractivity contribution >= 4 is 29.3 Å². The van der Waals surface area contributed by atoms with Gasteiger partial charge in [0.2, 0.25) is 23.6 Å². The van der Waals surface area contributed by atoms with E-state index in [1.807, 2.05) is 31.2 Å². The van der Waals surface area contributed by atoms with Crippen LogP contribution in [0, 0.1) is 18.8 Å². The fourth-order valence-corrected chi connectivity index (χ4v) is 3.63. The number of amides is 4. The smallest absolute Gasteiger partial charge is 0.243 e. The predicted octanol–water partition coefficient (Wildman–Crippen LogP) is 1.73. The minimum atomic E-state index is -0.301. The number of benzene rings is 1. The number of nitrogens with zero attached hydrogens (tertiary/aromatic N) is 2. The monoisotopic (exact) mass is 383 g/mol. The first-order chi connectivity index (χ1) is 13.4. The average molecular weight is 383 g/mol. The maximum absolute atomic E-state index is 12.4. The molecule has 1 saturated heterocycles. The van der Waals surface area contributed by atoms with Crippen LogP contribution in [0.4, 0.5) is 5.69 Å². The molecule has 2 atom stereocenters. The fraction of sp³-hybridized carbons (Fsp3) is 0.429. The molecular formula is C21H25N3O4. The lowest BCUT2D eigenvalue weighted by molar-refractivity contribution is -0.141. The van der Waals surface area contributed by atoms with E-state index in [1.54, 1.807) is 12.1 Å². The quantitative estimate of drug-likeness (QED) is 0.599. The Balaban J connectivity index is 1.48. The van der Waals surface area contributed by atoms with Gasteiger partial charge in [-0.1, -0.05) is 29.8 Å². The molecule has 1 aromatic rings. The number of aryl methyl sites for hydroxylation is 1. The highest BCUT2D eigenvalue weighted by molar-refractivity contribution is 6.05. The molecule has 1 heterocycles. The lowest BCUT2D eigenvalue weighted by Gasteiger charge is -2.19. The van der Waals surface area contributed by atoms with Crippen molar-refractivity contribution in [1.29, 1.82) is 0 Å². The summed E-state index contributed by atoms with van der Waals surface area (Å²) in [4.78, 5) is 51.8. The molecule has 7 nitrogen and oxygen atoms in total. The summed E-state index contributed by atoms with van der Waals surface area (Å²) in [6.07, 6.45) is 5.04. The lowest BCUT2D eigenvalue weighted by Crippen LogP contribution is -2.38. The summed E-state index contributed by atoms with van der Waals surface area (Å²) >= 11 is 0. The minimum Gasteiger partial charge on any atom is -0.336 e. The largest absolute Gasteiger partial charge is 0.336 e. The van der Waals surface area contributed by atoms with Crippen molar-refractivity contribution in [2.24, 2.45) is 11.8 Å². The molecule has 3 rings (SSSR count). The number of carbonyl (C=O) groups is 4. The molecule has 1 N–H and O–H groups in total. The molecule has 0 spiro atoms. The Kier molecular flexibility index (Phi) is 5.92. The number of nitrogens with one attached hydrogen (secondary N) is 1. The summed E-state index contributed by atoms with van der Waals surface area (Å²) < 4.78 is 0. The second-order valence-electron chi connectivity index (χ2n) is 7.40. The molecule has 0 radical (unpaired) electrons. The molecule has 7 heteroatoms. The van der Waals surface area contributed by atoms with Crippen molar-refractivity contribution in [3.05, 3.63) is 42.0 Å². The molecule has 1 aromatic carbocycles. The van der Waals surface area contributed by atoms with Crippen molar-refractivity contribution in [1.82, 2.24) is 9.80 Å². The Hall–Kier alpha value is -2.96. The second kappa shape index (κ2) is 8.37. The summed E-state index contributed by atoms with van der Waals surface area (Å²) in [6.45, 7) is 1.93. The number of allylic oxidation sites excluding steroid dienone is 2. The SMILES string of the molecule is Cc1ccc(NC(=O)CN(C)C(=O)CCN2C(=O)[C@H]3CC=CC[C@@H]3C2=O)cc1. The molecule has 0 unspecified atom stereocenters. The van der Waals surface area contributed by atoms with Gasteiger partial charge >= 0.3 is 0 Å². The van der Waals surface area contributed by atoms with Gasteiger partial charge in [-0.05, 0) is 31.9 Å². The van der Waals surface area contributed by atoms with Crippen molar-refractivity contribution in [2.75, 3.05) is 25.5 Å². The Bertz CT molecular complexity index is 789. The van der Waals surface area contributed by atoms with E-state index in [-0.39, 0.29) is 55.0 Å². The maximum atomic E-state index is 12.4. The number of anilines is 1. The highest BCUT2D eigenvalue weighted by atomic mass is 16.2. The number of imide groups is 1. The van der Waals surface area contributed by atoms with Crippen molar-refractivity contribution in [3.8, 4) is 0 Å². The highest BCUT2D eigenvalue weighted by Gasteiger charge is 2.46. The third-order valence-corrected chi connectivity index (χ3v) is 5.29. The van der Waals surface area contributed by atoms with Gasteiger partial charge in [0, 0.05) is 25.7 Å². The highest BCUT2D eigenvalue weighted by Crippen LogP contribution is 2.35. The number of likely N-dealkylation sites (tertiary alicyclic amines) is 1. The van der Waals surface area contributed by atoms with E-state index < -0.39 is 0 Å². The van der Waals surface area contributed by atoms with Crippen LogP contribution >= 0.6 is 0 Å². The third-order valence-electron chi connectivity index (χ3n) is 5.29. The van der Waals surface area contributed by atoms with E-state index in [2.05, 4.69) is 5.32 Å². The molecule has 1 aliphatic carbocycles. The van der Waals surface area contributed by atoms with Crippen LogP contribution in [0.1, 0.15) is 24.8 Å². The lowest BCUT2D eigenvalue weighted by atomic mass is 9.85. The van der Waals surface area contributed by atoms with E-state index >= 15 is 0 Å². The molecule has 1 fully saturated rings. The Morgan fingerprint density at radius 1 is 1.07 bits per heavy atom. The van der Waals surface area contributed by atoms with Crippen LogP contribution < -0.4 is 5.32 Å². The first-order valence-corrected chi connectivity index (χ1v) is 9.47. The molecule has 148 valence electrons. The van der Waals surface area contributed by atoms with Gasteiger partial charge in [0.1, 0.15) is 0 Å². The van der Waals surface area contributed by atoms with Gasteiger partial charge in [-0.15, -0.1) is 0 Å². The first kappa shape index (κ1) is 19.8. The van der Waals surface area contributed by atoms with E-state index in [9.17, 15) is 19.2 Å². The van der Waals surface area contributed by atoms with Crippen LogP contribution in [0.2, 0.25) is 0 Å². The van der Waals surface area contributed by atoms with Gasteiger partial charge in [-0.2, -0.15) is 0 Å². The molecule has 4 amide bonds. The standard InChI is InChI=1S/C21H25N3O4/c1-14-7-9-15(10-8-14)22-18(25)13-23(2)19(26)11-12-24-20(27)16-5-3-4-6-17(16)21(24)28/h3-4,7-10,16-17H,5-6,11-13H2,1-2H3,(H,22,25)/t16-,17-/m0/s1. The van der Waals surface area contributed by atoms with E-state index in [0.717, 1.165) is 5.56 Å². The summed E-state index contributed by atoms with van der Waals surface area (Å²) in [7, 11) is 1.54. The topological polar surface area (TPSA) is 86.8 Å². The summed E-state index contributed by atoms with van der Waals surface area (Å²) in [5.41, 5.74) is 1.76. The minimum absolute atomic E-state index is 0.0126. The maximum Gasteiger partial charge on any atom is 0.243 e. The molecule has 0 bridgehead atoms.